The number of anilines is 1. The van der Waals surface area contributed by atoms with E-state index in [1.807, 2.05) is 44.2 Å². The lowest BCUT2D eigenvalue weighted by Gasteiger charge is -2.01. The van der Waals surface area contributed by atoms with Crippen LogP contribution in [0.15, 0.2) is 42.1 Å². The Kier molecular flexibility index (Phi) is 3.92. The van der Waals surface area contributed by atoms with Gasteiger partial charge >= 0.3 is 0 Å². The number of hydrogen-bond acceptors (Lipinski definition) is 2. The monoisotopic (exact) mass is 189 g/mol. The van der Waals surface area contributed by atoms with Gasteiger partial charge in [0.05, 0.1) is 0 Å². The Hall–Kier alpha value is -1.57. The average Bonchev–Trinajstić information content (AvgIpc) is 2.26. The third-order valence-electron chi connectivity index (χ3n) is 1.99. The van der Waals surface area contributed by atoms with Crippen molar-refractivity contribution < 1.29 is 4.79 Å². The average molecular weight is 189 g/mol. The van der Waals surface area contributed by atoms with Crippen LogP contribution in [0.2, 0.25) is 0 Å². The molecule has 0 radical (unpaired) electrons. The van der Waals surface area contributed by atoms with Gasteiger partial charge in [0.15, 0.2) is 5.78 Å². The number of nitrogens with one attached hydrogen (secondary N) is 1. The lowest BCUT2D eigenvalue weighted by Crippen LogP contribution is -1.99. The molecule has 1 N–H and O–H groups in total. The SMILES string of the molecule is CCC(=O)/C(C)=C/Nc1ccccc1. The van der Waals surface area contributed by atoms with E-state index >= 15 is 0 Å². The molecule has 0 atom stereocenters. The van der Waals surface area contributed by atoms with E-state index in [0.29, 0.717) is 6.42 Å². The maximum Gasteiger partial charge on any atom is 0.159 e. The van der Waals surface area contributed by atoms with E-state index in [-0.39, 0.29) is 5.78 Å². The fourth-order valence-electron chi connectivity index (χ4n) is 1.09. The van der Waals surface area contributed by atoms with E-state index < -0.39 is 0 Å². The maximum absolute atomic E-state index is 11.2. The van der Waals surface area contributed by atoms with E-state index in [4.69, 9.17) is 0 Å². The summed E-state index contributed by atoms with van der Waals surface area (Å²) in [5.41, 5.74) is 1.76. The van der Waals surface area contributed by atoms with Crippen LogP contribution in [0, 0.1) is 0 Å². The quantitative estimate of drug-likeness (QED) is 0.738. The molecule has 0 aliphatic heterocycles. The lowest BCUT2D eigenvalue weighted by atomic mass is 10.2. The van der Waals surface area contributed by atoms with Crippen LogP contribution >= 0.6 is 0 Å². The van der Waals surface area contributed by atoms with E-state index in [0.717, 1.165) is 11.3 Å². The molecular weight excluding hydrogens is 174 g/mol. The van der Waals surface area contributed by atoms with Gasteiger partial charge < -0.3 is 5.32 Å². The fourth-order valence-corrected chi connectivity index (χ4v) is 1.09. The van der Waals surface area contributed by atoms with Crippen molar-refractivity contribution in [2.45, 2.75) is 20.3 Å². The zero-order valence-electron chi connectivity index (χ0n) is 8.58. The minimum Gasteiger partial charge on any atom is -0.361 e. The zero-order chi connectivity index (χ0) is 10.4. The highest BCUT2D eigenvalue weighted by molar-refractivity contribution is 5.94. The fraction of sp³-hybridized carbons (Fsp3) is 0.250. The second-order valence-corrected chi connectivity index (χ2v) is 3.11. The van der Waals surface area contributed by atoms with Gasteiger partial charge in [0.25, 0.3) is 0 Å². The molecule has 1 aromatic rings. The standard InChI is InChI=1S/C12H15NO/c1-3-12(14)10(2)9-13-11-7-5-4-6-8-11/h4-9,13H,3H2,1-2H3/b10-9+. The van der Waals surface area contributed by atoms with Crippen LogP contribution in [-0.2, 0) is 4.79 Å². The molecule has 0 aromatic heterocycles. The molecule has 0 unspecified atom stereocenters. The second-order valence-electron chi connectivity index (χ2n) is 3.11. The minimum atomic E-state index is 0.174. The molecule has 0 spiro atoms. The van der Waals surface area contributed by atoms with Gasteiger partial charge in [-0.2, -0.15) is 0 Å². The van der Waals surface area contributed by atoms with Crippen molar-refractivity contribution in [1.82, 2.24) is 0 Å². The van der Waals surface area contributed by atoms with Crippen LogP contribution in [-0.4, -0.2) is 5.78 Å². The Morgan fingerprint density at radius 2 is 2.00 bits per heavy atom. The maximum atomic E-state index is 11.2. The molecule has 0 amide bonds. The first-order chi connectivity index (χ1) is 6.74. The smallest absolute Gasteiger partial charge is 0.159 e. The highest BCUT2D eigenvalue weighted by atomic mass is 16.1. The topological polar surface area (TPSA) is 29.1 Å². The van der Waals surface area contributed by atoms with Crippen molar-refractivity contribution in [3.05, 3.63) is 42.1 Å². The van der Waals surface area contributed by atoms with Gasteiger partial charge in [-0.05, 0) is 19.1 Å². The predicted molar refractivity (Wildman–Crippen MR) is 59.1 cm³/mol. The third-order valence-corrected chi connectivity index (χ3v) is 1.99. The molecule has 0 aliphatic rings. The van der Waals surface area contributed by atoms with Crippen molar-refractivity contribution in [2.75, 3.05) is 5.32 Å². The van der Waals surface area contributed by atoms with Crippen LogP contribution in [0.1, 0.15) is 20.3 Å². The molecule has 0 saturated heterocycles. The summed E-state index contributed by atoms with van der Waals surface area (Å²) in [4.78, 5) is 11.2. The summed E-state index contributed by atoms with van der Waals surface area (Å²) < 4.78 is 0. The number of benzene rings is 1. The Morgan fingerprint density at radius 1 is 1.36 bits per heavy atom. The Labute approximate surface area is 84.6 Å². The van der Waals surface area contributed by atoms with Gasteiger partial charge in [-0.3, -0.25) is 4.79 Å². The Balaban J connectivity index is 2.59. The number of para-hydroxylation sites is 1. The molecule has 0 heterocycles. The van der Waals surface area contributed by atoms with Gasteiger partial charge in [-0.25, -0.2) is 0 Å². The van der Waals surface area contributed by atoms with Crippen molar-refractivity contribution >= 4 is 11.5 Å². The lowest BCUT2D eigenvalue weighted by molar-refractivity contribution is -0.115. The molecule has 0 fully saturated rings. The third kappa shape index (κ3) is 3.05. The second kappa shape index (κ2) is 5.22. The molecule has 74 valence electrons. The highest BCUT2D eigenvalue weighted by Crippen LogP contribution is 2.06. The summed E-state index contributed by atoms with van der Waals surface area (Å²) in [6.45, 7) is 3.68. The van der Waals surface area contributed by atoms with E-state index in [1.165, 1.54) is 0 Å². The zero-order valence-corrected chi connectivity index (χ0v) is 8.58. The molecule has 0 bridgehead atoms. The molecule has 2 nitrogen and oxygen atoms in total. The number of carbonyl (C=O) groups excluding carboxylic acids is 1. The molecule has 2 heteroatoms. The summed E-state index contributed by atoms with van der Waals surface area (Å²) in [6, 6.07) is 9.78. The molecule has 14 heavy (non-hydrogen) atoms. The largest absolute Gasteiger partial charge is 0.361 e. The van der Waals surface area contributed by atoms with Gasteiger partial charge in [0.1, 0.15) is 0 Å². The van der Waals surface area contributed by atoms with Gasteiger partial charge in [0, 0.05) is 23.9 Å². The first-order valence-corrected chi connectivity index (χ1v) is 4.75. The summed E-state index contributed by atoms with van der Waals surface area (Å²) in [7, 11) is 0. The molecule has 0 aliphatic carbocycles. The van der Waals surface area contributed by atoms with Crippen molar-refractivity contribution in [3.63, 3.8) is 0 Å². The van der Waals surface area contributed by atoms with Crippen molar-refractivity contribution in [1.29, 1.82) is 0 Å². The predicted octanol–water partition coefficient (Wildman–Crippen LogP) is 2.98. The first-order valence-electron chi connectivity index (χ1n) is 4.75. The molecule has 0 saturated carbocycles. The van der Waals surface area contributed by atoms with E-state index in [9.17, 15) is 4.79 Å². The minimum absolute atomic E-state index is 0.174. The number of carbonyl (C=O) groups is 1. The van der Waals surface area contributed by atoms with Crippen LogP contribution in [0.5, 0.6) is 0 Å². The van der Waals surface area contributed by atoms with Crippen molar-refractivity contribution in [2.24, 2.45) is 0 Å². The van der Waals surface area contributed by atoms with Gasteiger partial charge in [-0.15, -0.1) is 0 Å². The number of hydrogen-bond donors (Lipinski definition) is 1. The van der Waals surface area contributed by atoms with Crippen LogP contribution in [0.4, 0.5) is 5.69 Å². The Bertz CT molecular complexity index is 327. The van der Waals surface area contributed by atoms with E-state index in [1.54, 1.807) is 6.20 Å². The number of rotatable bonds is 4. The Morgan fingerprint density at radius 3 is 2.57 bits per heavy atom. The summed E-state index contributed by atoms with van der Waals surface area (Å²) in [5, 5.41) is 3.08. The number of Topliss-reactive ketones (excluding diaryl/α,β-unsaturated/α-hetero) is 1. The normalized spacial score (nSPS) is 11.1. The summed E-state index contributed by atoms with van der Waals surface area (Å²) in [6.07, 6.45) is 2.31. The van der Waals surface area contributed by atoms with E-state index in [2.05, 4.69) is 5.32 Å². The van der Waals surface area contributed by atoms with Crippen molar-refractivity contribution in [3.8, 4) is 0 Å². The first kappa shape index (κ1) is 10.5. The van der Waals surface area contributed by atoms with Crippen LogP contribution in [0.25, 0.3) is 0 Å². The van der Waals surface area contributed by atoms with Gasteiger partial charge in [0.2, 0.25) is 0 Å². The molecular formula is C12H15NO. The summed E-state index contributed by atoms with van der Waals surface area (Å²) in [5.74, 6) is 0.174. The molecule has 1 aromatic carbocycles. The highest BCUT2D eigenvalue weighted by Gasteiger charge is 1.99. The van der Waals surface area contributed by atoms with Crippen LogP contribution in [0.3, 0.4) is 0 Å². The van der Waals surface area contributed by atoms with Crippen LogP contribution < -0.4 is 5.32 Å². The number of ketones is 1. The van der Waals surface area contributed by atoms with Gasteiger partial charge in [-0.1, -0.05) is 25.1 Å². The molecule has 1 rings (SSSR count). The number of allylic oxidation sites excluding steroid dienone is 1. The summed E-state index contributed by atoms with van der Waals surface area (Å²) >= 11 is 0.